The van der Waals surface area contributed by atoms with E-state index in [0.29, 0.717) is 0 Å². The molecule has 0 aromatic rings. The van der Waals surface area contributed by atoms with Crippen molar-refractivity contribution < 1.29 is 48.9 Å². The average Bonchev–Trinajstić information content (AvgIpc) is 1.37. The number of hydrogen-bond acceptors (Lipinski definition) is 2. The van der Waals surface area contributed by atoms with Crippen molar-refractivity contribution in [3.63, 3.8) is 0 Å². The standard InChI is InChI=1S/C2H3NO.8H2O/c3-1-2-4;;;;;;;;/h4H,2H2;8*1H2. The number of rotatable bonds is 0. The van der Waals surface area contributed by atoms with E-state index in [1.54, 1.807) is 0 Å². The smallest absolute Gasteiger partial charge is 0.130 e. The van der Waals surface area contributed by atoms with Crippen molar-refractivity contribution in [3.05, 3.63) is 0 Å². The second-order valence-electron chi connectivity index (χ2n) is 0.316. The Labute approximate surface area is 68.1 Å². The van der Waals surface area contributed by atoms with E-state index in [-0.39, 0.29) is 50.4 Å². The fourth-order valence-corrected chi connectivity index (χ4v) is 0. The van der Waals surface area contributed by atoms with Gasteiger partial charge in [-0.2, -0.15) is 5.26 Å². The van der Waals surface area contributed by atoms with Crippen molar-refractivity contribution in [3.8, 4) is 6.07 Å². The molecule has 10 nitrogen and oxygen atoms in total. The zero-order valence-electron chi connectivity index (χ0n) is 6.10. The molecule has 0 fully saturated rings. The molecule has 86 valence electrons. The van der Waals surface area contributed by atoms with E-state index in [0.717, 1.165) is 0 Å². The monoisotopic (exact) mass is 201 g/mol. The molecule has 0 bridgehead atoms. The summed E-state index contributed by atoms with van der Waals surface area (Å²) in [6.45, 7) is -0.375. The molecule has 0 aliphatic rings. The summed E-state index contributed by atoms with van der Waals surface area (Å²) in [7, 11) is 0. The predicted molar refractivity (Wildman–Crippen MR) is 41.6 cm³/mol. The maximum atomic E-state index is 7.51. The third kappa shape index (κ3) is 35700. The highest BCUT2D eigenvalue weighted by molar-refractivity contribution is 4.63. The number of aliphatic hydroxyl groups excluding tert-OH is 1. The SMILES string of the molecule is N#CCO.O.O.O.O.O.O.O.O. The third-order valence-electron chi connectivity index (χ3n) is 0.0707. The summed E-state index contributed by atoms with van der Waals surface area (Å²) in [6, 6.07) is 1.49. The largest absolute Gasteiger partial charge is 0.412 e. The Morgan fingerprint density at radius 1 is 0.750 bits per heavy atom. The first kappa shape index (κ1) is 252. The Morgan fingerprint density at radius 3 is 0.833 bits per heavy atom. The summed E-state index contributed by atoms with van der Waals surface area (Å²) in [4.78, 5) is 0. The van der Waals surface area contributed by atoms with Crippen molar-refractivity contribution in [1.29, 1.82) is 5.26 Å². The van der Waals surface area contributed by atoms with Gasteiger partial charge in [0.15, 0.2) is 0 Å². The predicted octanol–water partition coefficient (Wildman–Crippen LogP) is -7.10. The lowest BCUT2D eigenvalue weighted by atomic mass is 10.9. The van der Waals surface area contributed by atoms with E-state index in [1.165, 1.54) is 6.07 Å². The van der Waals surface area contributed by atoms with E-state index in [1.807, 2.05) is 0 Å². The van der Waals surface area contributed by atoms with Crippen LogP contribution in [0, 0.1) is 11.3 Å². The lowest BCUT2D eigenvalue weighted by Crippen LogP contribution is -1.64. The van der Waals surface area contributed by atoms with E-state index >= 15 is 0 Å². The van der Waals surface area contributed by atoms with Crippen LogP contribution >= 0.6 is 0 Å². The van der Waals surface area contributed by atoms with Gasteiger partial charge in [-0.25, -0.2) is 0 Å². The van der Waals surface area contributed by atoms with E-state index < -0.39 is 0 Å². The van der Waals surface area contributed by atoms with Gasteiger partial charge in [0.2, 0.25) is 0 Å². The molecule has 0 aromatic heterocycles. The summed E-state index contributed by atoms with van der Waals surface area (Å²) in [5, 5.41) is 14.9. The maximum absolute atomic E-state index is 7.51. The van der Waals surface area contributed by atoms with Crippen LogP contribution in [-0.4, -0.2) is 55.5 Å². The summed E-state index contributed by atoms with van der Waals surface area (Å²) >= 11 is 0. The molecule has 0 amide bonds. The minimum atomic E-state index is -0.375. The first-order valence-electron chi connectivity index (χ1n) is 0.893. The molecular weight excluding hydrogens is 182 g/mol. The van der Waals surface area contributed by atoms with Gasteiger partial charge in [-0.05, 0) is 0 Å². The molecule has 17 N–H and O–H groups in total. The molecule has 10 heteroatoms. The van der Waals surface area contributed by atoms with Crippen LogP contribution in [0.25, 0.3) is 0 Å². The van der Waals surface area contributed by atoms with Gasteiger partial charge >= 0.3 is 0 Å². The summed E-state index contributed by atoms with van der Waals surface area (Å²) in [6.07, 6.45) is 0. The second-order valence-corrected chi connectivity index (χ2v) is 0.316. The topological polar surface area (TPSA) is 296 Å². The van der Waals surface area contributed by atoms with E-state index in [2.05, 4.69) is 0 Å². The summed E-state index contributed by atoms with van der Waals surface area (Å²) in [5.41, 5.74) is 0. The normalized spacial score (nSPS) is 1.67. The fraction of sp³-hybridized carbons (Fsp3) is 0.500. The van der Waals surface area contributed by atoms with Gasteiger partial charge in [-0.1, -0.05) is 0 Å². The summed E-state index contributed by atoms with van der Waals surface area (Å²) < 4.78 is 0. The van der Waals surface area contributed by atoms with Crippen LogP contribution in [0.15, 0.2) is 0 Å². The zero-order chi connectivity index (χ0) is 3.41. The van der Waals surface area contributed by atoms with Crippen molar-refractivity contribution >= 4 is 0 Å². The minimum Gasteiger partial charge on any atom is -0.412 e. The van der Waals surface area contributed by atoms with Crippen LogP contribution in [0.1, 0.15) is 0 Å². The Morgan fingerprint density at radius 2 is 0.833 bits per heavy atom. The van der Waals surface area contributed by atoms with E-state index in [9.17, 15) is 0 Å². The number of nitrogens with zero attached hydrogens (tertiary/aromatic N) is 1. The molecule has 0 aliphatic carbocycles. The molecule has 0 heterocycles. The Balaban J connectivity index is -0.00000000161. The molecule has 0 spiro atoms. The molecular formula is C2H19NO9. The molecule has 0 rings (SSSR count). The lowest BCUT2D eigenvalue weighted by molar-refractivity contribution is 0.348. The van der Waals surface area contributed by atoms with Crippen molar-refractivity contribution in [2.45, 2.75) is 0 Å². The molecule has 0 aromatic carbocycles. The average molecular weight is 201 g/mol. The van der Waals surface area contributed by atoms with Crippen LogP contribution in [0.5, 0.6) is 0 Å². The van der Waals surface area contributed by atoms with Gasteiger partial charge in [-0.15, -0.1) is 0 Å². The lowest BCUT2D eigenvalue weighted by Gasteiger charge is -1.50. The van der Waals surface area contributed by atoms with Crippen molar-refractivity contribution in [2.24, 2.45) is 0 Å². The Bertz CT molecular complexity index is 42.3. The first-order valence-corrected chi connectivity index (χ1v) is 0.893. The van der Waals surface area contributed by atoms with E-state index in [4.69, 9.17) is 10.4 Å². The van der Waals surface area contributed by atoms with Crippen LogP contribution in [-0.2, 0) is 0 Å². The maximum Gasteiger partial charge on any atom is 0.130 e. The molecule has 0 unspecified atom stereocenters. The van der Waals surface area contributed by atoms with Crippen molar-refractivity contribution in [2.75, 3.05) is 6.61 Å². The fourth-order valence-electron chi connectivity index (χ4n) is 0. The molecule has 12 heavy (non-hydrogen) atoms. The van der Waals surface area contributed by atoms with Crippen molar-refractivity contribution in [1.82, 2.24) is 0 Å². The van der Waals surface area contributed by atoms with Gasteiger partial charge in [-0.3, -0.25) is 0 Å². The second kappa shape index (κ2) is 661. The van der Waals surface area contributed by atoms with Gasteiger partial charge in [0, 0.05) is 0 Å². The Hall–Kier alpha value is -0.870. The van der Waals surface area contributed by atoms with Gasteiger partial charge in [0.05, 0.1) is 6.07 Å². The highest BCUT2D eigenvalue weighted by atomic mass is 16.2. The molecule has 0 saturated heterocycles. The number of hydrogen-bond donors (Lipinski definition) is 1. The van der Waals surface area contributed by atoms with Gasteiger partial charge in [0.25, 0.3) is 0 Å². The third-order valence-corrected chi connectivity index (χ3v) is 0.0707. The van der Waals surface area contributed by atoms with Gasteiger partial charge in [0.1, 0.15) is 6.61 Å². The summed E-state index contributed by atoms with van der Waals surface area (Å²) in [5.74, 6) is 0. The zero-order valence-corrected chi connectivity index (χ0v) is 6.10. The van der Waals surface area contributed by atoms with Crippen LogP contribution < -0.4 is 0 Å². The molecule has 0 saturated carbocycles. The highest BCUT2D eigenvalue weighted by Crippen LogP contribution is 1.34. The molecule has 0 aliphatic heterocycles. The Kier molecular flexibility index (Phi) is 13900. The number of aliphatic hydroxyl groups is 1. The molecule has 0 atom stereocenters. The van der Waals surface area contributed by atoms with Crippen LogP contribution in [0.4, 0.5) is 0 Å². The number of nitriles is 1. The van der Waals surface area contributed by atoms with Crippen LogP contribution in [0.2, 0.25) is 0 Å². The van der Waals surface area contributed by atoms with Crippen LogP contribution in [0.3, 0.4) is 0 Å². The van der Waals surface area contributed by atoms with Gasteiger partial charge < -0.3 is 48.9 Å². The quantitative estimate of drug-likeness (QED) is 0.373. The molecule has 0 radical (unpaired) electrons. The first-order chi connectivity index (χ1) is 1.91. The minimum absolute atomic E-state index is 0. The highest BCUT2D eigenvalue weighted by Gasteiger charge is 1.49.